The summed E-state index contributed by atoms with van der Waals surface area (Å²) in [5.74, 6) is 0. The first-order valence-electron chi connectivity index (χ1n) is 15.5. The molecule has 0 saturated carbocycles. The van der Waals surface area contributed by atoms with E-state index >= 15 is 0 Å². The molecule has 0 nitrogen and oxygen atoms in total. The van der Waals surface area contributed by atoms with Gasteiger partial charge in [0, 0.05) is 0 Å². The topological polar surface area (TPSA) is 0 Å². The molecule has 0 saturated heterocycles. The molecule has 0 radical (unpaired) electrons. The van der Waals surface area contributed by atoms with Crippen molar-refractivity contribution in [2.45, 2.75) is 12.8 Å². The minimum absolute atomic E-state index is 0. The SMILES string of the molecule is C1=CC(c2ccc3ccccc3c2)=[C]([Hf+2]([C]2=C(c3ccc4ccccc4c3)C=CC2)=[Ge]([c]2ccccc2)[c]2ccccc2)C1.[Cl-].[Cl-]. The third-order valence-corrected chi connectivity index (χ3v) is 52.0. The van der Waals surface area contributed by atoms with Gasteiger partial charge in [-0.1, -0.05) is 0 Å². The Morgan fingerprint density at radius 3 is 1.24 bits per heavy atom. The largest absolute Gasteiger partial charge is 1.00 e. The van der Waals surface area contributed by atoms with Crippen LogP contribution in [0.5, 0.6) is 0 Å². The van der Waals surface area contributed by atoms with Gasteiger partial charge >= 0.3 is 270 Å². The zero-order chi connectivity index (χ0) is 29.3. The summed E-state index contributed by atoms with van der Waals surface area (Å²) in [6.45, 7) is 0. The molecule has 222 valence electrons. The van der Waals surface area contributed by atoms with E-state index in [0.717, 1.165) is 12.8 Å². The number of rotatable bonds is 6. The van der Waals surface area contributed by atoms with Crippen molar-refractivity contribution in [2.75, 3.05) is 0 Å². The fourth-order valence-electron chi connectivity index (χ4n) is 6.89. The molecule has 6 aromatic rings. The van der Waals surface area contributed by atoms with Crippen LogP contribution < -0.4 is 33.6 Å². The Kier molecular flexibility index (Phi) is 10.5. The van der Waals surface area contributed by atoms with Crippen LogP contribution in [0.2, 0.25) is 0 Å². The van der Waals surface area contributed by atoms with E-state index in [0.29, 0.717) is 0 Å². The van der Waals surface area contributed by atoms with Crippen molar-refractivity contribution in [1.29, 1.82) is 0 Å². The van der Waals surface area contributed by atoms with E-state index in [1.165, 1.54) is 43.8 Å². The summed E-state index contributed by atoms with van der Waals surface area (Å²) in [6, 6.07) is 55.0. The Bertz CT molecular complexity index is 2050. The van der Waals surface area contributed by atoms with E-state index in [4.69, 9.17) is 0 Å². The second-order valence-electron chi connectivity index (χ2n) is 11.6. The van der Waals surface area contributed by atoms with Crippen molar-refractivity contribution in [3.63, 3.8) is 0 Å². The molecule has 0 spiro atoms. The van der Waals surface area contributed by atoms with E-state index in [9.17, 15) is 0 Å². The van der Waals surface area contributed by atoms with Gasteiger partial charge < -0.3 is 24.8 Å². The summed E-state index contributed by atoms with van der Waals surface area (Å²) in [5, 5.41) is 5.27. The number of halogens is 2. The Labute approximate surface area is 292 Å². The van der Waals surface area contributed by atoms with Crippen LogP contribution in [-0.4, -0.2) is 10.1 Å². The summed E-state index contributed by atoms with van der Waals surface area (Å²) in [5.41, 5.74) is 5.78. The van der Waals surface area contributed by atoms with Crippen molar-refractivity contribution in [2.24, 2.45) is 0 Å². The maximum atomic E-state index is 2.45. The summed E-state index contributed by atoms with van der Waals surface area (Å²) in [4.78, 5) is 0. The Hall–Kier alpha value is -3.21. The van der Waals surface area contributed by atoms with E-state index in [-0.39, 0.29) is 24.8 Å². The molecule has 2 aliphatic rings. The average Bonchev–Trinajstić information content (AvgIpc) is 3.78. The minimum atomic E-state index is -2.78. The molecule has 4 heteroatoms. The van der Waals surface area contributed by atoms with E-state index in [1.54, 1.807) is 15.5 Å². The zero-order valence-corrected chi connectivity index (χ0v) is 32.5. The van der Waals surface area contributed by atoms with Crippen molar-refractivity contribution in [1.82, 2.24) is 0 Å². The van der Waals surface area contributed by atoms with Crippen molar-refractivity contribution in [3.8, 4) is 0 Å². The van der Waals surface area contributed by atoms with Gasteiger partial charge in [0.05, 0.1) is 0 Å². The molecule has 0 fully saturated rings. The van der Waals surface area contributed by atoms with Gasteiger partial charge in [0.1, 0.15) is 0 Å². The standard InChI is InChI=1S/2C15H11.C12H10Ge.2ClH.Hf/c2*1-2-6-12(5-1)15-10-9-13-7-3-4-8-14(13)11-15;1-3-7-11(8-4-1)13-12-9-5-2-6-10-12;;;/h2*1,3-5,7-11H,2H2;1-10H;2*1H;/q;;;;;+2/p-2. The van der Waals surface area contributed by atoms with E-state index < -0.39 is 28.4 Å². The minimum Gasteiger partial charge on any atom is -1.00 e. The molecule has 0 heterocycles. The third-order valence-electron chi connectivity index (χ3n) is 8.96. The number of fused-ring (bicyclic) bond motifs is 2. The fourth-order valence-corrected chi connectivity index (χ4v) is 55.9. The van der Waals surface area contributed by atoms with Crippen LogP contribution in [0.15, 0.2) is 177 Å². The van der Waals surface area contributed by atoms with Crippen LogP contribution in [0.25, 0.3) is 32.7 Å². The molecule has 2 aliphatic carbocycles. The molecule has 0 N–H and O–H groups in total. The molecule has 0 atom stereocenters. The number of hydrogen-bond acceptors (Lipinski definition) is 0. The molecular formula is C42H32Cl2GeHf. The molecule has 0 aromatic heterocycles. The predicted octanol–water partition coefficient (Wildman–Crippen LogP) is 3.47. The van der Waals surface area contributed by atoms with Crippen LogP contribution in [0.4, 0.5) is 0 Å². The Balaban J connectivity index is 0.00000186. The van der Waals surface area contributed by atoms with Crippen molar-refractivity contribution >= 4 is 51.5 Å². The van der Waals surface area contributed by atoms with Crippen LogP contribution in [0, 0.1) is 0 Å². The second-order valence-corrected chi connectivity index (χ2v) is 40.6. The molecule has 46 heavy (non-hydrogen) atoms. The number of benzene rings is 6. The Morgan fingerprint density at radius 2 is 0.804 bits per heavy atom. The normalized spacial score (nSPS) is 13.5. The van der Waals surface area contributed by atoms with Gasteiger partial charge in [-0.05, 0) is 0 Å². The summed E-state index contributed by atoms with van der Waals surface area (Å²) >= 11 is -2.78. The molecule has 6 aromatic carbocycles. The summed E-state index contributed by atoms with van der Waals surface area (Å²) in [7, 11) is -1.97. The quantitative estimate of drug-likeness (QED) is 0.226. The predicted molar refractivity (Wildman–Crippen MR) is 187 cm³/mol. The van der Waals surface area contributed by atoms with Gasteiger partial charge in [0.2, 0.25) is 0 Å². The smallest absolute Gasteiger partial charge is 1.00 e. The van der Waals surface area contributed by atoms with E-state index in [1.807, 2.05) is 0 Å². The van der Waals surface area contributed by atoms with Gasteiger partial charge in [-0.3, -0.25) is 0 Å². The molecule has 0 unspecified atom stereocenters. The van der Waals surface area contributed by atoms with Gasteiger partial charge in [0.15, 0.2) is 0 Å². The van der Waals surface area contributed by atoms with Crippen LogP contribution in [0.3, 0.4) is 0 Å². The fraction of sp³-hybridized carbons (Fsp3) is 0.0476. The molecule has 0 bridgehead atoms. The second kappa shape index (κ2) is 14.7. The maximum Gasteiger partial charge on any atom is -1.00 e. The molecule has 0 amide bonds. The zero-order valence-electron chi connectivity index (χ0n) is 25.3. The van der Waals surface area contributed by atoms with Crippen molar-refractivity contribution < 1.29 is 43.2 Å². The first-order chi connectivity index (χ1) is 21.8. The van der Waals surface area contributed by atoms with E-state index in [2.05, 4.69) is 170 Å². The molecular weight excluding hydrogens is 826 g/mol. The summed E-state index contributed by atoms with van der Waals surface area (Å²) in [6.07, 6.45) is 12.0. The maximum absolute atomic E-state index is 2.78. The Morgan fingerprint density at radius 1 is 0.413 bits per heavy atom. The van der Waals surface area contributed by atoms with Crippen molar-refractivity contribution in [3.05, 3.63) is 188 Å². The van der Waals surface area contributed by atoms with Gasteiger partial charge in [-0.25, -0.2) is 0 Å². The van der Waals surface area contributed by atoms with Gasteiger partial charge in [0.25, 0.3) is 0 Å². The van der Waals surface area contributed by atoms with Gasteiger partial charge in [-0.15, -0.1) is 0 Å². The summed E-state index contributed by atoms with van der Waals surface area (Å²) < 4.78 is 6.83. The average molecular weight is 859 g/mol. The molecule has 8 rings (SSSR count). The first kappa shape index (κ1) is 32.7. The number of hydrogen-bond donors (Lipinski definition) is 0. The third kappa shape index (κ3) is 6.36. The van der Waals surface area contributed by atoms with Crippen LogP contribution >= 0.6 is 0 Å². The first-order valence-corrected chi connectivity index (χ1v) is 31.5. The van der Waals surface area contributed by atoms with Crippen LogP contribution in [0.1, 0.15) is 24.0 Å². The monoisotopic (exact) mass is 860 g/mol. The van der Waals surface area contributed by atoms with Crippen LogP contribution in [-0.2, 0) is 18.3 Å². The van der Waals surface area contributed by atoms with Gasteiger partial charge in [-0.2, -0.15) is 0 Å². The molecule has 0 aliphatic heterocycles. The number of allylic oxidation sites excluding steroid dienone is 8.